The van der Waals surface area contributed by atoms with Crippen LogP contribution in [-0.2, 0) is 11.3 Å². The maximum atomic E-state index is 11.8. The number of para-hydroxylation sites is 2. The van der Waals surface area contributed by atoms with Crippen LogP contribution < -0.4 is 10.1 Å². The van der Waals surface area contributed by atoms with Gasteiger partial charge in [0.05, 0.1) is 13.2 Å². The van der Waals surface area contributed by atoms with Gasteiger partial charge in [0.15, 0.2) is 0 Å². The first-order valence-corrected chi connectivity index (χ1v) is 7.73. The number of rotatable bonds is 7. The molecule has 0 aliphatic rings. The third-order valence-electron chi connectivity index (χ3n) is 3.50. The van der Waals surface area contributed by atoms with Gasteiger partial charge in [0.2, 0.25) is 5.91 Å². The number of ether oxygens (including phenoxy) is 1. The van der Waals surface area contributed by atoms with Crippen molar-refractivity contribution in [1.82, 2.24) is 5.32 Å². The number of fused-ring (bicyclic) bond motifs is 1. The molecule has 3 rings (SSSR count). The zero-order valence-electron chi connectivity index (χ0n) is 12.8. The Hall–Kier alpha value is -2.75. The zero-order valence-corrected chi connectivity index (χ0v) is 12.8. The average Bonchev–Trinajstić information content (AvgIpc) is 3.01. The summed E-state index contributed by atoms with van der Waals surface area (Å²) >= 11 is 0. The minimum Gasteiger partial charge on any atom is -0.494 e. The van der Waals surface area contributed by atoms with Gasteiger partial charge in [0.1, 0.15) is 17.1 Å². The molecular weight excluding hydrogens is 290 g/mol. The predicted octanol–water partition coefficient (Wildman–Crippen LogP) is 3.91. The van der Waals surface area contributed by atoms with Crippen LogP contribution in [0.4, 0.5) is 0 Å². The highest BCUT2D eigenvalue weighted by molar-refractivity contribution is 5.78. The highest BCUT2D eigenvalue weighted by Gasteiger charge is 2.06. The van der Waals surface area contributed by atoms with E-state index in [0.29, 0.717) is 26.0 Å². The van der Waals surface area contributed by atoms with E-state index in [9.17, 15) is 4.79 Å². The van der Waals surface area contributed by atoms with E-state index in [1.807, 2.05) is 60.7 Å². The van der Waals surface area contributed by atoms with Crippen molar-refractivity contribution < 1.29 is 13.9 Å². The van der Waals surface area contributed by atoms with Gasteiger partial charge in [-0.15, -0.1) is 0 Å². The molecule has 4 heteroatoms. The molecule has 0 bridgehead atoms. The van der Waals surface area contributed by atoms with Crippen LogP contribution in [0.15, 0.2) is 65.1 Å². The summed E-state index contributed by atoms with van der Waals surface area (Å²) in [4.78, 5) is 11.8. The van der Waals surface area contributed by atoms with Gasteiger partial charge in [-0.25, -0.2) is 0 Å². The average molecular weight is 309 g/mol. The molecule has 0 saturated carbocycles. The van der Waals surface area contributed by atoms with Crippen molar-refractivity contribution in [2.24, 2.45) is 0 Å². The van der Waals surface area contributed by atoms with Crippen LogP contribution in [0.1, 0.15) is 18.6 Å². The van der Waals surface area contributed by atoms with Crippen molar-refractivity contribution >= 4 is 16.9 Å². The normalized spacial score (nSPS) is 10.6. The third-order valence-corrected chi connectivity index (χ3v) is 3.50. The first kappa shape index (κ1) is 15.2. The van der Waals surface area contributed by atoms with Gasteiger partial charge in [0, 0.05) is 11.8 Å². The van der Waals surface area contributed by atoms with Crippen LogP contribution in [0, 0.1) is 0 Å². The Morgan fingerprint density at radius 1 is 1.04 bits per heavy atom. The standard InChI is InChI=1S/C19H19NO3/c21-19(11-6-12-22-16-8-2-1-3-9-16)20-14-17-13-15-7-4-5-10-18(15)23-17/h1-5,7-10,13H,6,11-12,14H2,(H,20,21). The molecule has 0 aliphatic heterocycles. The van der Waals surface area contributed by atoms with E-state index in [4.69, 9.17) is 9.15 Å². The van der Waals surface area contributed by atoms with E-state index in [1.54, 1.807) is 0 Å². The second-order valence-corrected chi connectivity index (χ2v) is 5.29. The molecule has 0 atom stereocenters. The number of furan rings is 1. The Kier molecular flexibility index (Phi) is 4.94. The number of hydrogen-bond donors (Lipinski definition) is 1. The molecular formula is C19H19NO3. The first-order chi connectivity index (χ1) is 11.3. The van der Waals surface area contributed by atoms with Crippen molar-refractivity contribution in [1.29, 1.82) is 0 Å². The van der Waals surface area contributed by atoms with Crippen molar-refractivity contribution in [2.75, 3.05) is 6.61 Å². The summed E-state index contributed by atoms with van der Waals surface area (Å²) in [6.07, 6.45) is 1.12. The summed E-state index contributed by atoms with van der Waals surface area (Å²) in [7, 11) is 0. The van der Waals surface area contributed by atoms with Gasteiger partial charge in [-0.1, -0.05) is 36.4 Å². The quantitative estimate of drug-likeness (QED) is 0.673. The van der Waals surface area contributed by atoms with Gasteiger partial charge in [0.25, 0.3) is 0 Å². The minimum absolute atomic E-state index is 0.00196. The molecule has 23 heavy (non-hydrogen) atoms. The summed E-state index contributed by atoms with van der Waals surface area (Å²) in [5.41, 5.74) is 0.841. The lowest BCUT2D eigenvalue weighted by Crippen LogP contribution is -2.22. The van der Waals surface area contributed by atoms with Gasteiger partial charge in [-0.3, -0.25) is 4.79 Å². The molecule has 0 fully saturated rings. The second kappa shape index (κ2) is 7.49. The number of hydrogen-bond acceptors (Lipinski definition) is 3. The van der Waals surface area contributed by atoms with Crippen LogP contribution in [0.2, 0.25) is 0 Å². The van der Waals surface area contributed by atoms with E-state index < -0.39 is 0 Å². The van der Waals surface area contributed by atoms with E-state index >= 15 is 0 Å². The van der Waals surface area contributed by atoms with Gasteiger partial charge in [-0.05, 0) is 30.7 Å². The Bertz CT molecular complexity index is 731. The summed E-state index contributed by atoms with van der Waals surface area (Å²) in [5.74, 6) is 1.59. The number of carbonyl (C=O) groups is 1. The van der Waals surface area contributed by atoms with E-state index in [-0.39, 0.29) is 5.91 Å². The maximum Gasteiger partial charge on any atom is 0.220 e. The Labute approximate surface area is 135 Å². The van der Waals surface area contributed by atoms with E-state index in [2.05, 4.69) is 5.32 Å². The largest absolute Gasteiger partial charge is 0.494 e. The second-order valence-electron chi connectivity index (χ2n) is 5.29. The van der Waals surface area contributed by atoms with Crippen molar-refractivity contribution in [3.63, 3.8) is 0 Å². The number of amides is 1. The topological polar surface area (TPSA) is 51.5 Å². The number of nitrogens with one attached hydrogen (secondary N) is 1. The smallest absolute Gasteiger partial charge is 0.220 e. The summed E-state index contributed by atoms with van der Waals surface area (Å²) in [6, 6.07) is 19.4. The van der Waals surface area contributed by atoms with Gasteiger partial charge < -0.3 is 14.5 Å². The molecule has 3 aromatic rings. The third kappa shape index (κ3) is 4.36. The van der Waals surface area contributed by atoms with E-state index in [1.165, 1.54) is 0 Å². The molecule has 0 radical (unpaired) electrons. The molecule has 0 saturated heterocycles. The van der Waals surface area contributed by atoms with E-state index in [0.717, 1.165) is 22.5 Å². The zero-order chi connectivity index (χ0) is 15.9. The predicted molar refractivity (Wildman–Crippen MR) is 89.2 cm³/mol. The molecule has 1 heterocycles. The van der Waals surface area contributed by atoms with Crippen molar-refractivity contribution in [3.05, 3.63) is 66.4 Å². The Morgan fingerprint density at radius 2 is 1.83 bits per heavy atom. The molecule has 4 nitrogen and oxygen atoms in total. The molecule has 0 aliphatic carbocycles. The summed E-state index contributed by atoms with van der Waals surface area (Å²) in [5, 5.41) is 3.92. The number of carbonyl (C=O) groups excluding carboxylic acids is 1. The van der Waals surface area contributed by atoms with Crippen molar-refractivity contribution in [3.8, 4) is 5.75 Å². The Balaban J connectivity index is 1.38. The first-order valence-electron chi connectivity index (χ1n) is 7.73. The van der Waals surface area contributed by atoms with Crippen molar-refractivity contribution in [2.45, 2.75) is 19.4 Å². The maximum absolute atomic E-state index is 11.8. The fourth-order valence-electron chi connectivity index (χ4n) is 2.34. The van der Waals surface area contributed by atoms with Gasteiger partial charge in [-0.2, -0.15) is 0 Å². The lowest BCUT2D eigenvalue weighted by atomic mass is 10.2. The molecule has 1 amide bonds. The highest BCUT2D eigenvalue weighted by Crippen LogP contribution is 2.18. The van der Waals surface area contributed by atoms with Crippen LogP contribution in [-0.4, -0.2) is 12.5 Å². The monoisotopic (exact) mass is 309 g/mol. The number of benzene rings is 2. The summed E-state index contributed by atoms with van der Waals surface area (Å²) < 4.78 is 11.2. The van der Waals surface area contributed by atoms with Gasteiger partial charge >= 0.3 is 0 Å². The minimum atomic E-state index is 0.00196. The fourth-order valence-corrected chi connectivity index (χ4v) is 2.34. The molecule has 1 aromatic heterocycles. The van der Waals surface area contributed by atoms with Crippen LogP contribution in [0.25, 0.3) is 11.0 Å². The van der Waals surface area contributed by atoms with Crippen LogP contribution in [0.3, 0.4) is 0 Å². The Morgan fingerprint density at radius 3 is 2.65 bits per heavy atom. The van der Waals surface area contributed by atoms with Crippen LogP contribution >= 0.6 is 0 Å². The molecule has 118 valence electrons. The molecule has 0 unspecified atom stereocenters. The molecule has 1 N–H and O–H groups in total. The lowest BCUT2D eigenvalue weighted by Gasteiger charge is -2.06. The molecule has 0 spiro atoms. The SMILES string of the molecule is O=C(CCCOc1ccccc1)NCc1cc2ccccc2o1. The summed E-state index contributed by atoms with van der Waals surface area (Å²) in [6.45, 7) is 0.940. The molecule has 2 aromatic carbocycles. The fraction of sp³-hybridized carbons (Fsp3) is 0.211. The van der Waals surface area contributed by atoms with Crippen LogP contribution in [0.5, 0.6) is 5.75 Å². The highest BCUT2D eigenvalue weighted by atomic mass is 16.5. The lowest BCUT2D eigenvalue weighted by molar-refractivity contribution is -0.121.